The van der Waals surface area contributed by atoms with Crippen LogP contribution in [0.25, 0.3) is 0 Å². The summed E-state index contributed by atoms with van der Waals surface area (Å²) in [4.78, 5) is 37.0. The second-order valence-electron chi connectivity index (χ2n) is 7.95. The van der Waals surface area contributed by atoms with Gasteiger partial charge in [-0.15, -0.1) is 0 Å². The van der Waals surface area contributed by atoms with Crippen molar-refractivity contribution >= 4 is 18.5 Å². The van der Waals surface area contributed by atoms with Gasteiger partial charge in [0.1, 0.15) is 11.6 Å². The zero-order valence-corrected chi connectivity index (χ0v) is 18.6. The van der Waals surface area contributed by atoms with Crippen molar-refractivity contribution in [2.24, 2.45) is 0 Å². The van der Waals surface area contributed by atoms with Gasteiger partial charge >= 0.3 is 12.1 Å². The van der Waals surface area contributed by atoms with Crippen molar-refractivity contribution in [2.75, 3.05) is 27.3 Å². The molecular formula is C22H34N2O6. The van der Waals surface area contributed by atoms with E-state index < -0.39 is 17.7 Å². The Kier molecular flexibility index (Phi) is 10.3. The fourth-order valence-electron chi connectivity index (χ4n) is 3.29. The number of hydrogen-bond acceptors (Lipinski definition) is 6. The van der Waals surface area contributed by atoms with Crippen LogP contribution in [0.2, 0.25) is 0 Å². The third kappa shape index (κ3) is 7.67. The number of esters is 1. The van der Waals surface area contributed by atoms with Crippen molar-refractivity contribution in [1.29, 1.82) is 0 Å². The van der Waals surface area contributed by atoms with Crippen LogP contribution in [0, 0.1) is 0 Å². The number of likely N-dealkylation sites (tertiary alicyclic amines) is 1. The molecule has 3 rings (SSSR count). The van der Waals surface area contributed by atoms with Crippen LogP contribution in [0.3, 0.4) is 0 Å². The van der Waals surface area contributed by atoms with E-state index in [9.17, 15) is 14.4 Å². The molecular weight excluding hydrogens is 388 g/mol. The van der Waals surface area contributed by atoms with Gasteiger partial charge in [-0.1, -0.05) is 24.3 Å². The van der Waals surface area contributed by atoms with Crippen molar-refractivity contribution in [2.45, 2.75) is 58.2 Å². The van der Waals surface area contributed by atoms with E-state index in [-0.39, 0.29) is 5.97 Å². The maximum atomic E-state index is 11.8. The van der Waals surface area contributed by atoms with Crippen molar-refractivity contribution in [3.05, 3.63) is 35.4 Å². The molecule has 168 valence electrons. The van der Waals surface area contributed by atoms with Crippen LogP contribution in [0.1, 0.15) is 44.7 Å². The lowest BCUT2D eigenvalue weighted by molar-refractivity contribution is -0.145. The van der Waals surface area contributed by atoms with Gasteiger partial charge in [-0.3, -0.25) is 9.69 Å². The molecule has 0 radical (unpaired) electrons. The van der Waals surface area contributed by atoms with Gasteiger partial charge in [0.2, 0.25) is 6.41 Å². The van der Waals surface area contributed by atoms with Gasteiger partial charge in [0.25, 0.3) is 0 Å². The first-order chi connectivity index (χ1) is 14.2. The van der Waals surface area contributed by atoms with E-state index in [1.807, 2.05) is 11.0 Å². The van der Waals surface area contributed by atoms with Crippen molar-refractivity contribution in [1.82, 2.24) is 9.80 Å². The number of fused-ring (bicyclic) bond motifs is 1. The van der Waals surface area contributed by atoms with Gasteiger partial charge in [0, 0.05) is 26.7 Å². The summed E-state index contributed by atoms with van der Waals surface area (Å²) >= 11 is 0. The van der Waals surface area contributed by atoms with Crippen LogP contribution in [0.4, 0.5) is 4.79 Å². The molecule has 1 saturated heterocycles. The first-order valence-corrected chi connectivity index (χ1v) is 10.0. The number of benzene rings is 1. The Morgan fingerprint density at radius 3 is 2.33 bits per heavy atom. The zero-order chi connectivity index (χ0) is 22.7. The van der Waals surface area contributed by atoms with E-state index in [0.29, 0.717) is 13.0 Å². The van der Waals surface area contributed by atoms with Crippen LogP contribution >= 0.6 is 0 Å². The number of nitrogens with zero attached hydrogens (tertiary/aromatic N) is 2. The minimum atomic E-state index is -0.541. The van der Waals surface area contributed by atoms with Gasteiger partial charge < -0.3 is 19.5 Å². The number of rotatable bonds is 2. The monoisotopic (exact) mass is 422 g/mol. The Balaban J connectivity index is 0.000000285. The van der Waals surface area contributed by atoms with Crippen molar-refractivity contribution in [3.8, 4) is 0 Å². The van der Waals surface area contributed by atoms with E-state index in [0.717, 1.165) is 39.5 Å². The highest BCUT2D eigenvalue weighted by Crippen LogP contribution is 2.21. The molecule has 1 atom stereocenters. The summed E-state index contributed by atoms with van der Waals surface area (Å²) in [6.07, 6.45) is 2.93. The molecule has 2 aliphatic rings. The molecule has 0 bridgehead atoms. The number of amides is 2. The molecule has 0 saturated carbocycles. The molecule has 1 aromatic carbocycles. The summed E-state index contributed by atoms with van der Waals surface area (Å²) in [6, 6.07) is 7.81. The van der Waals surface area contributed by atoms with Crippen LogP contribution in [0.15, 0.2) is 24.3 Å². The minimum absolute atomic E-state index is 0.372. The molecule has 2 amide bonds. The standard InChI is InChI=1S/C11H19NO4.C10H11NO.CH4O/c1-11(2,3)16-10(14)12-7-5-6-8(12)9(13)15-4;12-8-11-6-5-9-3-1-2-4-10(9)7-11;1-2/h8H,5-7H2,1-4H3;1-4,8H,5-7H2;2H,1H3. The third-order valence-corrected chi connectivity index (χ3v) is 4.66. The molecule has 0 aliphatic carbocycles. The summed E-state index contributed by atoms with van der Waals surface area (Å²) in [5, 5.41) is 7.00. The zero-order valence-electron chi connectivity index (χ0n) is 18.6. The number of aliphatic hydroxyl groups excluding tert-OH is 1. The van der Waals surface area contributed by atoms with Crippen molar-refractivity contribution < 1.29 is 29.0 Å². The van der Waals surface area contributed by atoms with Gasteiger partial charge in [-0.25, -0.2) is 9.59 Å². The summed E-state index contributed by atoms with van der Waals surface area (Å²) < 4.78 is 9.88. The molecule has 30 heavy (non-hydrogen) atoms. The van der Waals surface area contributed by atoms with Crippen LogP contribution in [-0.4, -0.2) is 72.3 Å². The predicted octanol–water partition coefficient (Wildman–Crippen LogP) is 2.37. The average molecular weight is 423 g/mol. The quantitative estimate of drug-likeness (QED) is 0.581. The predicted molar refractivity (Wildman–Crippen MR) is 113 cm³/mol. The molecule has 1 aromatic rings. The lowest BCUT2D eigenvalue weighted by Crippen LogP contribution is -2.43. The van der Waals surface area contributed by atoms with Crippen LogP contribution in [0.5, 0.6) is 0 Å². The van der Waals surface area contributed by atoms with Crippen LogP contribution < -0.4 is 0 Å². The Morgan fingerprint density at radius 1 is 1.13 bits per heavy atom. The Hall–Kier alpha value is -2.61. The second kappa shape index (κ2) is 12.2. The smallest absolute Gasteiger partial charge is 0.411 e. The van der Waals surface area contributed by atoms with E-state index >= 15 is 0 Å². The summed E-state index contributed by atoms with van der Waals surface area (Å²) in [7, 11) is 2.33. The maximum absolute atomic E-state index is 11.8. The minimum Gasteiger partial charge on any atom is -0.467 e. The molecule has 2 aliphatic heterocycles. The highest BCUT2D eigenvalue weighted by Gasteiger charge is 2.37. The molecule has 2 heterocycles. The topological polar surface area (TPSA) is 96.4 Å². The molecule has 0 spiro atoms. The first-order valence-electron chi connectivity index (χ1n) is 10.0. The molecule has 8 nitrogen and oxygen atoms in total. The Morgan fingerprint density at radius 2 is 1.77 bits per heavy atom. The van der Waals surface area contributed by atoms with Gasteiger partial charge in [0.15, 0.2) is 0 Å². The fourth-order valence-corrected chi connectivity index (χ4v) is 3.29. The highest BCUT2D eigenvalue weighted by molar-refractivity contribution is 5.82. The molecule has 8 heteroatoms. The fraction of sp³-hybridized carbons (Fsp3) is 0.591. The second-order valence-corrected chi connectivity index (χ2v) is 7.95. The summed E-state index contributed by atoms with van der Waals surface area (Å²) in [5.41, 5.74) is 2.13. The van der Waals surface area contributed by atoms with E-state index in [1.54, 1.807) is 20.8 Å². The number of carbonyl (C=O) groups excluding carboxylic acids is 3. The van der Waals surface area contributed by atoms with Crippen LogP contribution in [-0.2, 0) is 32.0 Å². The SMILES string of the molecule is CO.COC(=O)C1CCCN1C(=O)OC(C)(C)C.O=CN1CCc2ccccc2C1. The maximum Gasteiger partial charge on any atom is 0.411 e. The number of ether oxygens (including phenoxy) is 2. The lowest BCUT2D eigenvalue weighted by Gasteiger charge is -2.27. The van der Waals surface area contributed by atoms with Gasteiger partial charge in [-0.05, 0) is 51.2 Å². The Bertz CT molecular complexity index is 701. The van der Waals surface area contributed by atoms with Crippen molar-refractivity contribution in [3.63, 3.8) is 0 Å². The van der Waals surface area contributed by atoms with E-state index in [4.69, 9.17) is 9.84 Å². The molecule has 1 fully saturated rings. The van der Waals surface area contributed by atoms with E-state index in [1.165, 1.54) is 23.1 Å². The average Bonchev–Trinajstić information content (AvgIpc) is 3.24. The first kappa shape index (κ1) is 25.4. The number of hydrogen-bond donors (Lipinski definition) is 1. The highest BCUT2D eigenvalue weighted by atomic mass is 16.6. The number of methoxy groups -OCH3 is 1. The number of carbonyl (C=O) groups is 3. The third-order valence-electron chi connectivity index (χ3n) is 4.66. The number of aliphatic hydroxyl groups is 1. The lowest BCUT2D eigenvalue weighted by atomic mass is 10.0. The molecule has 1 N–H and O–H groups in total. The normalized spacial score (nSPS) is 17.5. The van der Waals surface area contributed by atoms with Gasteiger partial charge in [-0.2, -0.15) is 0 Å². The molecule has 1 unspecified atom stereocenters. The largest absolute Gasteiger partial charge is 0.467 e. The molecule has 0 aromatic heterocycles. The Labute approximate surface area is 178 Å². The summed E-state index contributed by atoms with van der Waals surface area (Å²) in [6.45, 7) is 7.59. The summed E-state index contributed by atoms with van der Waals surface area (Å²) in [5.74, 6) is -0.372. The van der Waals surface area contributed by atoms with E-state index in [2.05, 4.69) is 22.9 Å². The van der Waals surface area contributed by atoms with Gasteiger partial charge in [0.05, 0.1) is 7.11 Å².